The predicted molar refractivity (Wildman–Crippen MR) is 111 cm³/mol. The van der Waals surface area contributed by atoms with Gasteiger partial charge in [-0.3, -0.25) is 14.7 Å². The van der Waals surface area contributed by atoms with Gasteiger partial charge >= 0.3 is 0 Å². The average molecular weight is 380 g/mol. The van der Waals surface area contributed by atoms with Crippen molar-refractivity contribution < 1.29 is 4.79 Å². The van der Waals surface area contributed by atoms with Gasteiger partial charge in [-0.25, -0.2) is 0 Å². The number of carbonyl (C=O) groups is 1. The van der Waals surface area contributed by atoms with Gasteiger partial charge in [-0.1, -0.05) is 18.2 Å². The maximum Gasteiger partial charge on any atom is 0.186 e. The van der Waals surface area contributed by atoms with E-state index in [4.69, 9.17) is 0 Å². The van der Waals surface area contributed by atoms with Gasteiger partial charge < -0.3 is 4.90 Å². The quantitative estimate of drug-likeness (QED) is 0.607. The van der Waals surface area contributed by atoms with E-state index in [1.807, 2.05) is 31.3 Å². The largest absolute Gasteiger partial charge is 0.305 e. The number of Topliss-reactive ketones (excluding diaryl/α,β-unsaturated/α-hetero) is 1. The summed E-state index contributed by atoms with van der Waals surface area (Å²) in [4.78, 5) is 24.1. The molecule has 4 rings (SSSR count). The van der Waals surface area contributed by atoms with E-state index in [1.54, 1.807) is 11.3 Å². The number of hydrogen-bond acceptors (Lipinski definition) is 5. The summed E-state index contributed by atoms with van der Waals surface area (Å²) in [6.45, 7) is 5.41. The Bertz CT molecular complexity index is 951. The molecule has 2 aromatic heterocycles. The van der Waals surface area contributed by atoms with Crippen LogP contribution in [0.5, 0.6) is 0 Å². The zero-order valence-corrected chi connectivity index (χ0v) is 16.7. The van der Waals surface area contributed by atoms with Gasteiger partial charge in [-0.2, -0.15) is 0 Å². The first kappa shape index (κ1) is 18.3. The van der Waals surface area contributed by atoms with Crippen LogP contribution in [0.15, 0.2) is 48.7 Å². The second kappa shape index (κ2) is 7.89. The van der Waals surface area contributed by atoms with Gasteiger partial charge in [0.2, 0.25) is 0 Å². The summed E-state index contributed by atoms with van der Waals surface area (Å²) in [5.41, 5.74) is 2.23. The standard InChI is InChI=1S/C22H25N3OS/c1-16-5-8-22(27-16)21(26)15-25(19-9-11-24(2)14-19)13-17-6-7-18-4-3-10-23-20(18)12-17/h3-8,10,12,19H,9,11,13-15H2,1-2H3. The van der Waals surface area contributed by atoms with E-state index in [0.717, 1.165) is 41.8 Å². The molecular formula is C22H25N3OS. The molecule has 0 amide bonds. The van der Waals surface area contributed by atoms with Crippen LogP contribution >= 0.6 is 11.3 Å². The van der Waals surface area contributed by atoms with Gasteiger partial charge in [0.15, 0.2) is 5.78 Å². The first-order chi connectivity index (χ1) is 13.1. The number of ketones is 1. The van der Waals surface area contributed by atoms with Gasteiger partial charge in [-0.15, -0.1) is 11.3 Å². The van der Waals surface area contributed by atoms with Crippen molar-refractivity contribution in [3.63, 3.8) is 0 Å². The molecule has 1 aliphatic heterocycles. The lowest BCUT2D eigenvalue weighted by Crippen LogP contribution is -2.40. The van der Waals surface area contributed by atoms with E-state index in [1.165, 1.54) is 10.4 Å². The minimum absolute atomic E-state index is 0.224. The van der Waals surface area contributed by atoms with Crippen LogP contribution in [0.4, 0.5) is 0 Å². The molecule has 0 aliphatic carbocycles. The van der Waals surface area contributed by atoms with Gasteiger partial charge in [0, 0.05) is 35.6 Å². The first-order valence-electron chi connectivity index (χ1n) is 9.44. The lowest BCUT2D eigenvalue weighted by Gasteiger charge is -2.28. The Balaban J connectivity index is 1.56. The molecule has 1 saturated heterocycles. The van der Waals surface area contributed by atoms with Crippen LogP contribution in [-0.4, -0.2) is 53.3 Å². The second-order valence-electron chi connectivity index (χ2n) is 7.47. The average Bonchev–Trinajstić information content (AvgIpc) is 3.29. The Morgan fingerprint density at radius 1 is 1.30 bits per heavy atom. The molecule has 5 heteroatoms. The first-order valence-corrected chi connectivity index (χ1v) is 10.3. The van der Waals surface area contributed by atoms with E-state index in [2.05, 4.69) is 46.1 Å². The molecule has 1 unspecified atom stereocenters. The number of likely N-dealkylation sites (N-methyl/N-ethyl adjacent to an activating group) is 1. The third-order valence-corrected chi connectivity index (χ3v) is 6.34. The Labute approximate surface area is 164 Å². The van der Waals surface area contributed by atoms with Crippen LogP contribution in [-0.2, 0) is 6.54 Å². The molecule has 1 aromatic carbocycles. The minimum Gasteiger partial charge on any atom is -0.305 e. The number of fused-ring (bicyclic) bond motifs is 1. The van der Waals surface area contributed by atoms with Crippen molar-refractivity contribution >= 4 is 28.0 Å². The molecule has 0 saturated carbocycles. The number of hydrogen-bond donors (Lipinski definition) is 0. The summed E-state index contributed by atoms with van der Waals surface area (Å²) in [5, 5.41) is 1.15. The van der Waals surface area contributed by atoms with Gasteiger partial charge in [-0.05, 0) is 56.8 Å². The topological polar surface area (TPSA) is 36.4 Å². The Morgan fingerprint density at radius 2 is 2.19 bits per heavy atom. The Kier molecular flexibility index (Phi) is 5.34. The van der Waals surface area contributed by atoms with E-state index in [9.17, 15) is 4.79 Å². The van der Waals surface area contributed by atoms with E-state index in [-0.39, 0.29) is 5.78 Å². The number of likely N-dealkylation sites (tertiary alicyclic amines) is 1. The normalized spacial score (nSPS) is 17.8. The maximum absolute atomic E-state index is 12.9. The van der Waals surface area contributed by atoms with Crippen LogP contribution < -0.4 is 0 Å². The highest BCUT2D eigenvalue weighted by atomic mass is 32.1. The number of benzene rings is 1. The van der Waals surface area contributed by atoms with Gasteiger partial charge in [0.1, 0.15) is 0 Å². The van der Waals surface area contributed by atoms with E-state index < -0.39 is 0 Å². The molecule has 140 valence electrons. The highest BCUT2D eigenvalue weighted by Gasteiger charge is 2.27. The van der Waals surface area contributed by atoms with Crippen molar-refractivity contribution in [1.29, 1.82) is 0 Å². The molecule has 1 fully saturated rings. The fourth-order valence-corrected chi connectivity index (χ4v) is 4.61. The van der Waals surface area contributed by atoms with Gasteiger partial charge in [0.25, 0.3) is 0 Å². The molecule has 3 heterocycles. The zero-order chi connectivity index (χ0) is 18.8. The smallest absolute Gasteiger partial charge is 0.186 e. The molecule has 0 N–H and O–H groups in total. The fraction of sp³-hybridized carbons (Fsp3) is 0.364. The molecule has 1 aliphatic rings. The lowest BCUT2D eigenvalue weighted by molar-refractivity contribution is 0.0889. The number of nitrogens with zero attached hydrogens (tertiary/aromatic N) is 3. The van der Waals surface area contributed by atoms with Crippen molar-refractivity contribution in [2.75, 3.05) is 26.7 Å². The molecule has 0 bridgehead atoms. The highest BCUT2D eigenvalue weighted by Crippen LogP contribution is 2.22. The van der Waals surface area contributed by atoms with Crippen LogP contribution in [0, 0.1) is 6.92 Å². The number of aryl methyl sites for hydroxylation is 1. The van der Waals surface area contributed by atoms with Crippen LogP contribution in [0.1, 0.15) is 26.5 Å². The summed E-state index contributed by atoms with van der Waals surface area (Å²) in [7, 11) is 2.16. The van der Waals surface area contributed by atoms with Crippen LogP contribution in [0.2, 0.25) is 0 Å². The molecular weight excluding hydrogens is 354 g/mol. The summed E-state index contributed by atoms with van der Waals surface area (Å²) in [6, 6.07) is 14.9. The van der Waals surface area contributed by atoms with Crippen LogP contribution in [0.3, 0.4) is 0 Å². The lowest BCUT2D eigenvalue weighted by atomic mass is 10.1. The number of carbonyl (C=O) groups excluding carboxylic acids is 1. The molecule has 0 spiro atoms. The number of thiophene rings is 1. The van der Waals surface area contributed by atoms with Crippen molar-refractivity contribution in [1.82, 2.24) is 14.8 Å². The van der Waals surface area contributed by atoms with Crippen molar-refractivity contribution in [3.05, 3.63) is 64.0 Å². The minimum atomic E-state index is 0.224. The molecule has 1 atom stereocenters. The number of aromatic nitrogens is 1. The highest BCUT2D eigenvalue weighted by molar-refractivity contribution is 7.14. The van der Waals surface area contributed by atoms with Crippen molar-refractivity contribution in [2.24, 2.45) is 0 Å². The third kappa shape index (κ3) is 4.26. The Hall–Kier alpha value is -2.08. The summed E-state index contributed by atoms with van der Waals surface area (Å²) in [6.07, 6.45) is 2.94. The van der Waals surface area contributed by atoms with Crippen molar-refractivity contribution in [3.8, 4) is 0 Å². The predicted octanol–water partition coefficient (Wildman–Crippen LogP) is 3.99. The zero-order valence-electron chi connectivity index (χ0n) is 15.9. The maximum atomic E-state index is 12.9. The summed E-state index contributed by atoms with van der Waals surface area (Å²) < 4.78 is 0. The number of pyridine rings is 1. The second-order valence-corrected chi connectivity index (χ2v) is 8.76. The molecule has 27 heavy (non-hydrogen) atoms. The third-order valence-electron chi connectivity index (χ3n) is 5.30. The summed E-state index contributed by atoms with van der Waals surface area (Å²) in [5.74, 6) is 0.224. The van der Waals surface area contributed by atoms with E-state index in [0.29, 0.717) is 12.6 Å². The monoisotopic (exact) mass is 379 g/mol. The molecule has 3 aromatic rings. The van der Waals surface area contributed by atoms with Crippen molar-refractivity contribution in [2.45, 2.75) is 25.9 Å². The van der Waals surface area contributed by atoms with Crippen LogP contribution in [0.25, 0.3) is 10.9 Å². The van der Waals surface area contributed by atoms with Gasteiger partial charge in [0.05, 0.1) is 16.9 Å². The fourth-order valence-electron chi connectivity index (χ4n) is 3.82. The molecule has 0 radical (unpaired) electrons. The summed E-state index contributed by atoms with van der Waals surface area (Å²) >= 11 is 1.59. The van der Waals surface area contributed by atoms with E-state index >= 15 is 0 Å². The molecule has 4 nitrogen and oxygen atoms in total. The number of rotatable bonds is 6. The Morgan fingerprint density at radius 3 is 2.93 bits per heavy atom. The SMILES string of the molecule is Cc1ccc(C(=O)CN(Cc2ccc3cccnc3c2)C2CCN(C)C2)s1.